The predicted octanol–water partition coefficient (Wildman–Crippen LogP) is 3.09. The lowest BCUT2D eigenvalue weighted by Gasteiger charge is -2.29. The van der Waals surface area contributed by atoms with E-state index in [-0.39, 0.29) is 17.8 Å². The molecule has 1 N–H and O–H groups in total. The van der Waals surface area contributed by atoms with Crippen LogP contribution >= 0.6 is 0 Å². The summed E-state index contributed by atoms with van der Waals surface area (Å²) in [5.74, 6) is -0.307. The lowest BCUT2D eigenvalue weighted by atomic mass is 10.0. The van der Waals surface area contributed by atoms with E-state index in [1.165, 1.54) is 6.07 Å². The monoisotopic (exact) mass is 299 g/mol. The molecule has 0 spiro atoms. The zero-order chi connectivity index (χ0) is 15.5. The Morgan fingerprint density at radius 3 is 2.32 bits per heavy atom. The average Bonchev–Trinajstić information content (AvgIpc) is 2.56. The van der Waals surface area contributed by atoms with Crippen LogP contribution in [0.15, 0.2) is 48.5 Å². The van der Waals surface area contributed by atoms with Gasteiger partial charge in [0.25, 0.3) is 5.91 Å². The minimum atomic E-state index is -0.299. The highest BCUT2D eigenvalue weighted by Crippen LogP contribution is 2.23. The van der Waals surface area contributed by atoms with Crippen LogP contribution in [0.25, 0.3) is 11.1 Å². The molecular weight excluding hydrogens is 281 g/mol. The fourth-order valence-corrected chi connectivity index (χ4v) is 2.74. The number of hydrogen-bond donors (Lipinski definition) is 1. The van der Waals surface area contributed by atoms with Crippen molar-refractivity contribution in [3.63, 3.8) is 0 Å². The van der Waals surface area contributed by atoms with E-state index in [0.717, 1.165) is 5.56 Å². The molecule has 1 heterocycles. The summed E-state index contributed by atoms with van der Waals surface area (Å²) in [5, 5.41) is 9.49. The third-order valence-corrected chi connectivity index (χ3v) is 4.07. The Morgan fingerprint density at radius 2 is 1.68 bits per heavy atom. The lowest BCUT2D eigenvalue weighted by Crippen LogP contribution is -2.40. The van der Waals surface area contributed by atoms with Crippen LogP contribution in [0.5, 0.6) is 0 Å². The second-order valence-corrected chi connectivity index (χ2v) is 5.58. The Balaban J connectivity index is 1.77. The highest BCUT2D eigenvalue weighted by atomic mass is 19.1. The van der Waals surface area contributed by atoms with Gasteiger partial charge in [-0.2, -0.15) is 0 Å². The molecule has 0 aliphatic carbocycles. The number of amides is 1. The van der Waals surface area contributed by atoms with E-state index in [4.69, 9.17) is 0 Å². The van der Waals surface area contributed by atoms with Crippen LogP contribution in [0.2, 0.25) is 0 Å². The normalized spacial score (nSPS) is 15.8. The molecule has 2 aromatic carbocycles. The van der Waals surface area contributed by atoms with E-state index in [0.29, 0.717) is 37.1 Å². The molecule has 3 rings (SSSR count). The van der Waals surface area contributed by atoms with Gasteiger partial charge in [0.05, 0.1) is 6.10 Å². The number of aliphatic hydroxyl groups excluding tert-OH is 1. The van der Waals surface area contributed by atoms with E-state index < -0.39 is 0 Å². The smallest absolute Gasteiger partial charge is 0.253 e. The highest BCUT2D eigenvalue weighted by molar-refractivity contribution is 5.94. The molecule has 3 nitrogen and oxygen atoms in total. The van der Waals surface area contributed by atoms with Gasteiger partial charge in [-0.1, -0.05) is 30.3 Å². The second kappa shape index (κ2) is 6.28. The minimum Gasteiger partial charge on any atom is -0.393 e. The van der Waals surface area contributed by atoms with Gasteiger partial charge < -0.3 is 10.0 Å². The first kappa shape index (κ1) is 14.7. The molecule has 114 valence electrons. The van der Waals surface area contributed by atoms with Gasteiger partial charge in [0.15, 0.2) is 0 Å². The molecule has 2 aromatic rings. The Bertz CT molecular complexity index is 661. The summed E-state index contributed by atoms with van der Waals surface area (Å²) >= 11 is 0. The Morgan fingerprint density at radius 1 is 1.05 bits per heavy atom. The number of nitrogens with zero attached hydrogens (tertiary/aromatic N) is 1. The van der Waals surface area contributed by atoms with E-state index >= 15 is 0 Å². The third-order valence-electron chi connectivity index (χ3n) is 4.07. The van der Waals surface area contributed by atoms with Crippen molar-refractivity contribution in [2.24, 2.45) is 0 Å². The molecular formula is C18H18FNO2. The maximum absolute atomic E-state index is 13.8. The van der Waals surface area contributed by atoms with Crippen LogP contribution in [0.4, 0.5) is 4.39 Å². The molecule has 0 aromatic heterocycles. The van der Waals surface area contributed by atoms with Gasteiger partial charge in [-0.3, -0.25) is 4.79 Å². The predicted molar refractivity (Wildman–Crippen MR) is 83.0 cm³/mol. The summed E-state index contributed by atoms with van der Waals surface area (Å²) in [6.07, 6.45) is 0.949. The molecule has 1 aliphatic heterocycles. The Hall–Kier alpha value is -2.20. The molecule has 0 saturated carbocycles. The molecule has 0 radical (unpaired) electrons. The van der Waals surface area contributed by atoms with Crippen LogP contribution in [-0.4, -0.2) is 35.1 Å². The number of benzene rings is 2. The van der Waals surface area contributed by atoms with Crippen molar-refractivity contribution in [2.45, 2.75) is 18.9 Å². The van der Waals surface area contributed by atoms with E-state index in [2.05, 4.69) is 0 Å². The van der Waals surface area contributed by atoms with Crippen LogP contribution in [-0.2, 0) is 0 Å². The number of likely N-dealkylation sites (tertiary alicyclic amines) is 1. The lowest BCUT2D eigenvalue weighted by molar-refractivity contribution is 0.0546. The van der Waals surface area contributed by atoms with Crippen molar-refractivity contribution in [1.29, 1.82) is 0 Å². The zero-order valence-electron chi connectivity index (χ0n) is 12.2. The van der Waals surface area contributed by atoms with Gasteiger partial charge in [-0.25, -0.2) is 4.39 Å². The number of carbonyl (C=O) groups is 1. The number of piperidine rings is 1. The fourth-order valence-electron chi connectivity index (χ4n) is 2.74. The van der Waals surface area contributed by atoms with Crippen LogP contribution in [0.1, 0.15) is 23.2 Å². The fraction of sp³-hybridized carbons (Fsp3) is 0.278. The Labute approximate surface area is 129 Å². The first-order valence-corrected chi connectivity index (χ1v) is 7.47. The minimum absolute atomic E-state index is 0.0352. The second-order valence-electron chi connectivity index (χ2n) is 5.58. The van der Waals surface area contributed by atoms with Crippen molar-refractivity contribution < 1.29 is 14.3 Å². The summed E-state index contributed by atoms with van der Waals surface area (Å²) in [4.78, 5) is 14.1. The number of aliphatic hydroxyl groups is 1. The molecule has 1 aliphatic rings. The number of rotatable bonds is 2. The zero-order valence-corrected chi connectivity index (χ0v) is 12.2. The summed E-state index contributed by atoms with van der Waals surface area (Å²) < 4.78 is 13.8. The van der Waals surface area contributed by atoms with Crippen molar-refractivity contribution in [1.82, 2.24) is 4.90 Å². The van der Waals surface area contributed by atoms with E-state index in [1.54, 1.807) is 47.4 Å². The summed E-state index contributed by atoms with van der Waals surface area (Å²) in [7, 11) is 0. The molecule has 0 atom stereocenters. The van der Waals surface area contributed by atoms with Crippen molar-refractivity contribution in [2.75, 3.05) is 13.1 Å². The Kier molecular flexibility index (Phi) is 4.20. The first-order chi connectivity index (χ1) is 10.6. The van der Waals surface area contributed by atoms with Crippen LogP contribution in [0, 0.1) is 5.82 Å². The highest BCUT2D eigenvalue weighted by Gasteiger charge is 2.22. The number of hydrogen-bond acceptors (Lipinski definition) is 2. The SMILES string of the molecule is O=C(c1ccc(-c2ccccc2F)cc1)N1CCC(O)CC1. The summed E-state index contributed by atoms with van der Waals surface area (Å²) in [6, 6.07) is 13.6. The molecule has 22 heavy (non-hydrogen) atoms. The maximum atomic E-state index is 13.8. The van der Waals surface area contributed by atoms with Crippen molar-refractivity contribution in [3.05, 3.63) is 59.9 Å². The molecule has 4 heteroatoms. The largest absolute Gasteiger partial charge is 0.393 e. The van der Waals surface area contributed by atoms with Gasteiger partial charge in [-0.15, -0.1) is 0 Å². The van der Waals surface area contributed by atoms with E-state index in [1.807, 2.05) is 0 Å². The van der Waals surface area contributed by atoms with Gasteiger partial charge in [0.2, 0.25) is 0 Å². The van der Waals surface area contributed by atoms with Crippen molar-refractivity contribution >= 4 is 5.91 Å². The quantitative estimate of drug-likeness (QED) is 0.925. The standard InChI is InChI=1S/C18H18FNO2/c19-17-4-2-1-3-16(17)13-5-7-14(8-6-13)18(22)20-11-9-15(21)10-12-20/h1-8,15,21H,9-12H2. The topological polar surface area (TPSA) is 40.5 Å². The average molecular weight is 299 g/mol. The number of carbonyl (C=O) groups excluding carboxylic acids is 1. The van der Waals surface area contributed by atoms with Crippen LogP contribution in [0.3, 0.4) is 0 Å². The van der Waals surface area contributed by atoms with E-state index in [9.17, 15) is 14.3 Å². The first-order valence-electron chi connectivity index (χ1n) is 7.47. The van der Waals surface area contributed by atoms with Crippen molar-refractivity contribution in [3.8, 4) is 11.1 Å². The summed E-state index contributed by atoms with van der Waals surface area (Å²) in [6.45, 7) is 1.16. The molecule has 1 saturated heterocycles. The van der Waals surface area contributed by atoms with Gasteiger partial charge in [0, 0.05) is 24.2 Å². The van der Waals surface area contributed by atoms with Gasteiger partial charge in [0.1, 0.15) is 5.82 Å². The molecule has 1 fully saturated rings. The third kappa shape index (κ3) is 3.02. The molecule has 0 unspecified atom stereocenters. The summed E-state index contributed by atoms with van der Waals surface area (Å²) in [5.41, 5.74) is 1.88. The number of halogens is 1. The van der Waals surface area contributed by atoms with Crippen LogP contribution < -0.4 is 0 Å². The molecule has 1 amide bonds. The maximum Gasteiger partial charge on any atom is 0.253 e. The molecule has 0 bridgehead atoms. The van der Waals surface area contributed by atoms with Gasteiger partial charge in [-0.05, 0) is 36.6 Å². The van der Waals surface area contributed by atoms with Gasteiger partial charge >= 0.3 is 0 Å².